The van der Waals surface area contributed by atoms with Crippen molar-refractivity contribution in [2.24, 2.45) is 11.8 Å². The summed E-state index contributed by atoms with van der Waals surface area (Å²) in [4.78, 5) is 12.5. The lowest BCUT2D eigenvalue weighted by Crippen LogP contribution is -2.39. The van der Waals surface area contributed by atoms with Crippen molar-refractivity contribution in [3.8, 4) is 5.75 Å². The van der Waals surface area contributed by atoms with Gasteiger partial charge < -0.3 is 10.1 Å². The van der Waals surface area contributed by atoms with E-state index in [9.17, 15) is 4.79 Å². The van der Waals surface area contributed by atoms with E-state index in [-0.39, 0.29) is 11.9 Å². The third kappa shape index (κ3) is 3.92. The van der Waals surface area contributed by atoms with Gasteiger partial charge in [0.15, 0.2) is 6.10 Å². The number of hydrogen-bond donors (Lipinski definition) is 1. The highest BCUT2D eigenvalue weighted by Gasteiger charge is 2.41. The SMILES string of the molecule is CC(Oc1ccccc1)C(=O)NC(c1ccccc1)C1CC1C. The maximum absolute atomic E-state index is 12.5. The van der Waals surface area contributed by atoms with Crippen LogP contribution >= 0.6 is 0 Å². The van der Waals surface area contributed by atoms with Crippen LogP contribution in [0.2, 0.25) is 0 Å². The highest BCUT2D eigenvalue weighted by molar-refractivity contribution is 5.81. The number of hydrogen-bond acceptors (Lipinski definition) is 2. The van der Waals surface area contributed by atoms with Gasteiger partial charge in [0.2, 0.25) is 0 Å². The zero-order chi connectivity index (χ0) is 16.2. The highest BCUT2D eigenvalue weighted by atomic mass is 16.5. The Balaban J connectivity index is 1.66. The predicted molar refractivity (Wildman–Crippen MR) is 91.1 cm³/mol. The number of rotatable bonds is 6. The van der Waals surface area contributed by atoms with E-state index >= 15 is 0 Å². The monoisotopic (exact) mass is 309 g/mol. The van der Waals surface area contributed by atoms with E-state index in [4.69, 9.17) is 4.74 Å². The number of amides is 1. The molecule has 3 heteroatoms. The fourth-order valence-corrected chi connectivity index (χ4v) is 2.94. The van der Waals surface area contributed by atoms with E-state index in [1.54, 1.807) is 6.92 Å². The lowest BCUT2D eigenvalue weighted by molar-refractivity contribution is -0.128. The minimum Gasteiger partial charge on any atom is -0.481 e. The third-order valence-corrected chi connectivity index (χ3v) is 4.48. The molecule has 0 heterocycles. The fraction of sp³-hybridized carbons (Fsp3) is 0.350. The zero-order valence-electron chi connectivity index (χ0n) is 13.6. The molecule has 1 N–H and O–H groups in total. The number of benzene rings is 2. The summed E-state index contributed by atoms with van der Waals surface area (Å²) in [5, 5.41) is 3.18. The van der Waals surface area contributed by atoms with Gasteiger partial charge in [0.25, 0.3) is 5.91 Å². The topological polar surface area (TPSA) is 38.3 Å². The Kier molecular flexibility index (Phi) is 4.65. The second-order valence-electron chi connectivity index (χ2n) is 6.35. The summed E-state index contributed by atoms with van der Waals surface area (Å²) < 4.78 is 5.73. The molecule has 2 aromatic rings. The maximum Gasteiger partial charge on any atom is 0.261 e. The number of ether oxygens (including phenoxy) is 1. The lowest BCUT2D eigenvalue weighted by atomic mass is 10.0. The van der Waals surface area contributed by atoms with Crippen molar-refractivity contribution in [1.29, 1.82) is 0 Å². The molecule has 4 unspecified atom stereocenters. The zero-order valence-corrected chi connectivity index (χ0v) is 13.6. The van der Waals surface area contributed by atoms with Crippen molar-refractivity contribution >= 4 is 5.91 Å². The van der Waals surface area contributed by atoms with Gasteiger partial charge in [-0.15, -0.1) is 0 Å². The quantitative estimate of drug-likeness (QED) is 0.877. The number of nitrogens with one attached hydrogen (secondary N) is 1. The second kappa shape index (κ2) is 6.86. The molecule has 0 bridgehead atoms. The molecule has 4 atom stereocenters. The molecule has 0 aromatic heterocycles. The van der Waals surface area contributed by atoms with Crippen LogP contribution in [0.15, 0.2) is 60.7 Å². The van der Waals surface area contributed by atoms with Gasteiger partial charge >= 0.3 is 0 Å². The van der Waals surface area contributed by atoms with E-state index in [0.29, 0.717) is 17.6 Å². The summed E-state index contributed by atoms with van der Waals surface area (Å²) >= 11 is 0. The normalized spacial score (nSPS) is 22.0. The van der Waals surface area contributed by atoms with Crippen molar-refractivity contribution < 1.29 is 9.53 Å². The van der Waals surface area contributed by atoms with Crippen molar-refractivity contribution in [3.05, 3.63) is 66.2 Å². The molecule has 3 rings (SSSR count). The third-order valence-electron chi connectivity index (χ3n) is 4.48. The molecule has 120 valence electrons. The Morgan fingerprint density at radius 3 is 2.22 bits per heavy atom. The Morgan fingerprint density at radius 2 is 1.65 bits per heavy atom. The Labute approximate surface area is 137 Å². The standard InChI is InChI=1S/C20H23NO2/c1-14-13-18(14)19(16-9-5-3-6-10-16)21-20(22)15(2)23-17-11-7-4-8-12-17/h3-12,14-15,18-19H,13H2,1-2H3,(H,21,22). The second-order valence-corrected chi connectivity index (χ2v) is 6.35. The molecule has 23 heavy (non-hydrogen) atoms. The highest BCUT2D eigenvalue weighted by Crippen LogP contribution is 2.46. The van der Waals surface area contributed by atoms with Crippen LogP contribution in [0.5, 0.6) is 5.75 Å². The summed E-state index contributed by atoms with van der Waals surface area (Å²) in [7, 11) is 0. The maximum atomic E-state index is 12.5. The lowest BCUT2D eigenvalue weighted by Gasteiger charge is -2.22. The predicted octanol–water partition coefficient (Wildman–Crippen LogP) is 3.97. The molecule has 0 radical (unpaired) electrons. The van der Waals surface area contributed by atoms with Gasteiger partial charge in [-0.2, -0.15) is 0 Å². The Morgan fingerprint density at radius 1 is 1.09 bits per heavy atom. The van der Waals surface area contributed by atoms with Crippen LogP contribution in [0.25, 0.3) is 0 Å². The molecule has 1 fully saturated rings. The molecular weight excluding hydrogens is 286 g/mol. The Bertz CT molecular complexity index is 641. The first kappa shape index (κ1) is 15.6. The van der Waals surface area contributed by atoms with Crippen LogP contribution in [-0.4, -0.2) is 12.0 Å². The molecule has 0 saturated heterocycles. The van der Waals surface area contributed by atoms with E-state index in [2.05, 4.69) is 24.4 Å². The molecule has 0 spiro atoms. The van der Waals surface area contributed by atoms with Crippen LogP contribution in [0.4, 0.5) is 0 Å². The van der Waals surface area contributed by atoms with Gasteiger partial charge in [0.05, 0.1) is 6.04 Å². The first-order valence-corrected chi connectivity index (χ1v) is 8.22. The number of carbonyl (C=O) groups excluding carboxylic acids is 1. The summed E-state index contributed by atoms with van der Waals surface area (Å²) in [6.07, 6.45) is 0.644. The molecule has 1 aliphatic carbocycles. The number of carbonyl (C=O) groups is 1. The van der Waals surface area contributed by atoms with Crippen molar-refractivity contribution in [3.63, 3.8) is 0 Å². The van der Waals surface area contributed by atoms with Gasteiger partial charge in [-0.05, 0) is 42.9 Å². The summed E-state index contributed by atoms with van der Waals surface area (Å²) in [5.41, 5.74) is 1.17. The molecule has 2 aromatic carbocycles. The van der Waals surface area contributed by atoms with Crippen LogP contribution in [0.1, 0.15) is 31.9 Å². The molecule has 1 aliphatic rings. The molecule has 1 saturated carbocycles. The first-order valence-electron chi connectivity index (χ1n) is 8.22. The van der Waals surface area contributed by atoms with Crippen molar-refractivity contribution in [2.75, 3.05) is 0 Å². The van der Waals surface area contributed by atoms with E-state index in [0.717, 1.165) is 6.42 Å². The van der Waals surface area contributed by atoms with Gasteiger partial charge in [-0.25, -0.2) is 0 Å². The van der Waals surface area contributed by atoms with Gasteiger partial charge in [0.1, 0.15) is 5.75 Å². The van der Waals surface area contributed by atoms with E-state index in [1.807, 2.05) is 48.5 Å². The average Bonchev–Trinajstić information content (AvgIpc) is 3.30. The van der Waals surface area contributed by atoms with Crippen molar-refractivity contribution in [1.82, 2.24) is 5.32 Å². The van der Waals surface area contributed by atoms with Crippen LogP contribution in [0.3, 0.4) is 0 Å². The van der Waals surface area contributed by atoms with E-state index in [1.165, 1.54) is 5.56 Å². The van der Waals surface area contributed by atoms with Crippen LogP contribution in [0, 0.1) is 11.8 Å². The molecule has 3 nitrogen and oxygen atoms in total. The minimum atomic E-state index is -0.516. The molecular formula is C20H23NO2. The van der Waals surface area contributed by atoms with Crippen molar-refractivity contribution in [2.45, 2.75) is 32.4 Å². The van der Waals surface area contributed by atoms with Crippen LogP contribution in [-0.2, 0) is 4.79 Å². The molecule has 1 amide bonds. The van der Waals surface area contributed by atoms with Gasteiger partial charge in [0, 0.05) is 0 Å². The largest absolute Gasteiger partial charge is 0.481 e. The summed E-state index contributed by atoms with van der Waals surface area (Å²) in [6, 6.07) is 19.7. The summed E-state index contributed by atoms with van der Waals surface area (Å²) in [5.74, 6) is 1.82. The first-order chi connectivity index (χ1) is 11.1. The van der Waals surface area contributed by atoms with E-state index < -0.39 is 6.10 Å². The molecule has 0 aliphatic heterocycles. The number of para-hydroxylation sites is 1. The van der Waals surface area contributed by atoms with Gasteiger partial charge in [-0.1, -0.05) is 55.5 Å². The average molecular weight is 309 g/mol. The van der Waals surface area contributed by atoms with Gasteiger partial charge in [-0.3, -0.25) is 4.79 Å². The Hall–Kier alpha value is -2.29. The summed E-state index contributed by atoms with van der Waals surface area (Å²) in [6.45, 7) is 4.03. The van der Waals surface area contributed by atoms with Crippen LogP contribution < -0.4 is 10.1 Å². The fourth-order valence-electron chi connectivity index (χ4n) is 2.94. The smallest absolute Gasteiger partial charge is 0.261 e. The minimum absolute atomic E-state index is 0.0678.